The molecular weight excluding hydrogens is 274 g/mol. The van der Waals surface area contributed by atoms with Crippen LogP contribution < -0.4 is 0 Å². The van der Waals surface area contributed by atoms with E-state index in [1.54, 1.807) is 11.3 Å². The molecule has 21 heavy (non-hydrogen) atoms. The maximum atomic E-state index is 4.82. The number of nitrogens with zero attached hydrogens (tertiary/aromatic N) is 1. The molecule has 0 spiro atoms. The minimum Gasteiger partial charge on any atom is -0.248 e. The Bertz CT molecular complexity index is 894. The lowest BCUT2D eigenvalue weighted by atomic mass is 9.99. The van der Waals surface area contributed by atoms with Gasteiger partial charge in [0.05, 0.1) is 11.2 Å². The Labute approximate surface area is 127 Å². The highest BCUT2D eigenvalue weighted by atomic mass is 32.1. The van der Waals surface area contributed by atoms with Gasteiger partial charge in [-0.15, -0.1) is 0 Å². The summed E-state index contributed by atoms with van der Waals surface area (Å²) >= 11 is 1.72. The van der Waals surface area contributed by atoms with E-state index in [9.17, 15) is 0 Å². The standard InChI is InChI=1S/C19H13NS/c1-4-8-18-14(5-1)9-10-19(20-18)17-7-3-2-6-16(17)15-11-12-21-13-15/h1-13H. The van der Waals surface area contributed by atoms with Gasteiger partial charge in [-0.1, -0.05) is 48.5 Å². The number of aromatic nitrogens is 1. The lowest BCUT2D eigenvalue weighted by Crippen LogP contribution is -1.88. The normalized spacial score (nSPS) is 10.9. The Morgan fingerprint density at radius 2 is 1.52 bits per heavy atom. The van der Waals surface area contributed by atoms with Crippen molar-refractivity contribution in [2.45, 2.75) is 0 Å². The molecule has 0 bridgehead atoms. The molecule has 0 saturated heterocycles. The van der Waals surface area contributed by atoms with E-state index in [0.29, 0.717) is 0 Å². The van der Waals surface area contributed by atoms with E-state index in [0.717, 1.165) is 11.2 Å². The van der Waals surface area contributed by atoms with Crippen LogP contribution in [0.4, 0.5) is 0 Å². The predicted molar refractivity (Wildman–Crippen MR) is 90.5 cm³/mol. The monoisotopic (exact) mass is 287 g/mol. The molecule has 0 atom stereocenters. The molecule has 0 fully saturated rings. The summed E-state index contributed by atoms with van der Waals surface area (Å²) in [5, 5.41) is 5.47. The molecule has 0 N–H and O–H groups in total. The predicted octanol–water partition coefficient (Wildman–Crippen LogP) is 5.63. The van der Waals surface area contributed by atoms with Gasteiger partial charge in [-0.25, -0.2) is 4.98 Å². The van der Waals surface area contributed by atoms with E-state index < -0.39 is 0 Å². The van der Waals surface area contributed by atoms with Crippen LogP contribution in [0.1, 0.15) is 0 Å². The maximum absolute atomic E-state index is 4.82. The highest BCUT2D eigenvalue weighted by Crippen LogP contribution is 2.32. The summed E-state index contributed by atoms with van der Waals surface area (Å²) in [4.78, 5) is 4.82. The summed E-state index contributed by atoms with van der Waals surface area (Å²) < 4.78 is 0. The Morgan fingerprint density at radius 1 is 0.714 bits per heavy atom. The van der Waals surface area contributed by atoms with Gasteiger partial charge in [0, 0.05) is 10.9 Å². The Kier molecular flexibility index (Phi) is 3.02. The third kappa shape index (κ3) is 2.24. The van der Waals surface area contributed by atoms with Gasteiger partial charge in [0.25, 0.3) is 0 Å². The van der Waals surface area contributed by atoms with Gasteiger partial charge in [-0.05, 0) is 40.1 Å². The molecule has 2 heterocycles. The lowest BCUT2D eigenvalue weighted by Gasteiger charge is -2.08. The number of rotatable bonds is 2. The third-order valence-electron chi connectivity index (χ3n) is 3.63. The molecule has 4 aromatic rings. The van der Waals surface area contributed by atoms with Gasteiger partial charge in [0.2, 0.25) is 0 Å². The first-order valence-electron chi connectivity index (χ1n) is 6.89. The molecule has 0 aliphatic heterocycles. The van der Waals surface area contributed by atoms with Gasteiger partial charge in [0.15, 0.2) is 0 Å². The Hall–Kier alpha value is -2.45. The minimum atomic E-state index is 1.02. The SMILES string of the molecule is c1ccc(-c2ccc3ccccc3n2)c(-c2ccsc2)c1. The highest BCUT2D eigenvalue weighted by Gasteiger charge is 2.08. The fourth-order valence-electron chi connectivity index (χ4n) is 2.59. The molecule has 0 amide bonds. The van der Waals surface area contributed by atoms with E-state index >= 15 is 0 Å². The molecule has 2 aromatic carbocycles. The van der Waals surface area contributed by atoms with Crippen LogP contribution in [0.15, 0.2) is 77.5 Å². The van der Waals surface area contributed by atoms with Crippen molar-refractivity contribution in [2.24, 2.45) is 0 Å². The van der Waals surface area contributed by atoms with Gasteiger partial charge in [0.1, 0.15) is 0 Å². The molecular formula is C19H13NS. The first-order chi connectivity index (χ1) is 10.4. The lowest BCUT2D eigenvalue weighted by molar-refractivity contribution is 1.40. The fourth-order valence-corrected chi connectivity index (χ4v) is 3.25. The van der Waals surface area contributed by atoms with Gasteiger partial charge >= 0.3 is 0 Å². The van der Waals surface area contributed by atoms with Crippen molar-refractivity contribution in [3.8, 4) is 22.4 Å². The van der Waals surface area contributed by atoms with Crippen LogP contribution in [-0.2, 0) is 0 Å². The number of benzene rings is 2. The maximum Gasteiger partial charge on any atom is 0.0715 e. The topological polar surface area (TPSA) is 12.9 Å². The molecule has 1 nitrogen and oxygen atoms in total. The summed E-state index contributed by atoms with van der Waals surface area (Å²) in [7, 11) is 0. The summed E-state index contributed by atoms with van der Waals surface area (Å²) in [6, 6.07) is 23.1. The summed E-state index contributed by atoms with van der Waals surface area (Å²) in [5.74, 6) is 0. The molecule has 0 saturated carbocycles. The zero-order valence-corrected chi connectivity index (χ0v) is 12.2. The number of hydrogen-bond donors (Lipinski definition) is 0. The second-order valence-corrected chi connectivity index (χ2v) is 5.73. The minimum absolute atomic E-state index is 1.02. The van der Waals surface area contributed by atoms with Crippen molar-refractivity contribution >= 4 is 22.2 Å². The Balaban J connectivity index is 1.93. The molecule has 0 aliphatic carbocycles. The number of pyridine rings is 1. The molecule has 2 aromatic heterocycles. The average molecular weight is 287 g/mol. The van der Waals surface area contributed by atoms with Crippen molar-refractivity contribution in [2.75, 3.05) is 0 Å². The van der Waals surface area contributed by atoms with Crippen molar-refractivity contribution in [1.29, 1.82) is 0 Å². The zero-order chi connectivity index (χ0) is 14.1. The van der Waals surface area contributed by atoms with Crippen LogP contribution in [0.3, 0.4) is 0 Å². The molecule has 2 heteroatoms. The second-order valence-electron chi connectivity index (χ2n) is 4.95. The largest absolute Gasteiger partial charge is 0.248 e. The van der Waals surface area contributed by atoms with Crippen LogP contribution in [0.25, 0.3) is 33.3 Å². The van der Waals surface area contributed by atoms with E-state index in [-0.39, 0.29) is 0 Å². The summed E-state index contributed by atoms with van der Waals surface area (Å²) in [5.41, 5.74) is 5.74. The smallest absolute Gasteiger partial charge is 0.0715 e. The number of hydrogen-bond acceptors (Lipinski definition) is 2. The molecule has 0 unspecified atom stereocenters. The van der Waals surface area contributed by atoms with Gasteiger partial charge in [-0.3, -0.25) is 0 Å². The van der Waals surface area contributed by atoms with Crippen LogP contribution in [0, 0.1) is 0 Å². The molecule has 100 valence electrons. The fraction of sp³-hybridized carbons (Fsp3) is 0. The summed E-state index contributed by atoms with van der Waals surface area (Å²) in [6.45, 7) is 0. The molecule has 4 rings (SSSR count). The average Bonchev–Trinajstić information content (AvgIpc) is 3.09. The van der Waals surface area contributed by atoms with Crippen LogP contribution in [0.5, 0.6) is 0 Å². The van der Waals surface area contributed by atoms with Crippen molar-refractivity contribution in [3.63, 3.8) is 0 Å². The number of thiophene rings is 1. The first kappa shape index (κ1) is 12.3. The highest BCUT2D eigenvalue weighted by molar-refractivity contribution is 7.08. The van der Waals surface area contributed by atoms with E-state index in [1.807, 2.05) is 12.1 Å². The second kappa shape index (κ2) is 5.15. The van der Waals surface area contributed by atoms with E-state index in [4.69, 9.17) is 4.98 Å². The quantitative estimate of drug-likeness (QED) is 0.465. The molecule has 0 aliphatic rings. The van der Waals surface area contributed by atoms with Crippen LogP contribution in [0.2, 0.25) is 0 Å². The third-order valence-corrected chi connectivity index (χ3v) is 4.32. The summed E-state index contributed by atoms with van der Waals surface area (Å²) in [6.07, 6.45) is 0. The van der Waals surface area contributed by atoms with Crippen LogP contribution >= 0.6 is 11.3 Å². The first-order valence-corrected chi connectivity index (χ1v) is 7.84. The Morgan fingerprint density at radius 3 is 2.38 bits per heavy atom. The van der Waals surface area contributed by atoms with Crippen LogP contribution in [-0.4, -0.2) is 4.98 Å². The van der Waals surface area contributed by atoms with Gasteiger partial charge < -0.3 is 0 Å². The number of fused-ring (bicyclic) bond motifs is 1. The van der Waals surface area contributed by atoms with E-state index in [1.165, 1.54) is 22.1 Å². The number of para-hydroxylation sites is 1. The van der Waals surface area contributed by atoms with Crippen molar-refractivity contribution in [3.05, 3.63) is 77.5 Å². The van der Waals surface area contributed by atoms with E-state index in [2.05, 4.69) is 65.4 Å². The van der Waals surface area contributed by atoms with Crippen molar-refractivity contribution in [1.82, 2.24) is 4.98 Å². The zero-order valence-electron chi connectivity index (χ0n) is 11.4. The van der Waals surface area contributed by atoms with Gasteiger partial charge in [-0.2, -0.15) is 11.3 Å². The van der Waals surface area contributed by atoms with Crippen molar-refractivity contribution < 1.29 is 0 Å². The molecule has 0 radical (unpaired) electrons.